The van der Waals surface area contributed by atoms with E-state index in [0.29, 0.717) is 5.69 Å². The van der Waals surface area contributed by atoms with Crippen LogP contribution in [0.2, 0.25) is 0 Å². The van der Waals surface area contributed by atoms with E-state index in [9.17, 15) is 4.79 Å². The van der Waals surface area contributed by atoms with E-state index in [2.05, 4.69) is 9.69 Å². The number of hydrogen-bond donors (Lipinski definition) is 1. The van der Waals surface area contributed by atoms with Crippen LogP contribution in [-0.4, -0.2) is 17.2 Å². The summed E-state index contributed by atoms with van der Waals surface area (Å²) < 4.78 is 3.92. The lowest BCUT2D eigenvalue weighted by atomic mass is 10.3. The fourth-order valence-electron chi connectivity index (χ4n) is 0.559. The fraction of sp³-hybridized carbons (Fsp3) is 0.333. The van der Waals surface area contributed by atoms with Crippen LogP contribution in [0.15, 0.2) is 6.07 Å². The van der Waals surface area contributed by atoms with Crippen molar-refractivity contribution in [2.45, 2.75) is 6.92 Å². The van der Waals surface area contributed by atoms with Gasteiger partial charge in [0.25, 0.3) is 0 Å². The Morgan fingerprint density at radius 3 is 2.80 bits per heavy atom. The minimum Gasteiger partial charge on any atom is -0.379 e. The van der Waals surface area contributed by atoms with Crippen molar-refractivity contribution in [1.29, 1.82) is 0 Å². The zero-order chi connectivity index (χ0) is 7.56. The second-order valence-electron chi connectivity index (χ2n) is 1.88. The second kappa shape index (κ2) is 2.79. The normalized spacial score (nSPS) is 9.40. The Hall–Kier alpha value is -0.900. The van der Waals surface area contributed by atoms with E-state index in [4.69, 9.17) is 0 Å². The molecule has 0 atom stereocenters. The lowest BCUT2D eigenvalue weighted by Crippen LogP contribution is -1.89. The number of nitrogens with zero attached hydrogens (tertiary/aromatic N) is 1. The molecule has 0 saturated heterocycles. The predicted molar refractivity (Wildman–Crippen MR) is 41.7 cm³/mol. The Kier molecular flexibility index (Phi) is 2.01. The number of anilines is 1. The van der Waals surface area contributed by atoms with Crippen LogP contribution in [0.25, 0.3) is 0 Å². The lowest BCUT2D eigenvalue weighted by molar-refractivity contribution is 0.101. The quantitative estimate of drug-likeness (QED) is 0.658. The van der Waals surface area contributed by atoms with Gasteiger partial charge in [-0.2, -0.15) is 4.37 Å². The molecule has 1 rings (SSSR count). The first kappa shape index (κ1) is 7.21. The van der Waals surface area contributed by atoms with E-state index in [1.54, 1.807) is 13.1 Å². The maximum absolute atomic E-state index is 10.7. The van der Waals surface area contributed by atoms with Crippen LogP contribution in [0.5, 0.6) is 0 Å². The standard InChI is InChI=1S/C6H8N2OS/c1-4(9)5-3-6(7-2)10-8-5/h3,7H,1-2H3. The van der Waals surface area contributed by atoms with Crippen LogP contribution in [0.3, 0.4) is 0 Å². The molecule has 0 bridgehead atoms. The lowest BCUT2D eigenvalue weighted by Gasteiger charge is -1.85. The molecule has 54 valence electrons. The van der Waals surface area contributed by atoms with Gasteiger partial charge in [0, 0.05) is 20.0 Å². The number of ketones is 1. The van der Waals surface area contributed by atoms with Crippen molar-refractivity contribution >= 4 is 22.3 Å². The number of nitrogens with one attached hydrogen (secondary N) is 1. The molecule has 10 heavy (non-hydrogen) atoms. The third kappa shape index (κ3) is 1.33. The monoisotopic (exact) mass is 156 g/mol. The van der Waals surface area contributed by atoms with Crippen LogP contribution >= 0.6 is 11.5 Å². The van der Waals surface area contributed by atoms with Crippen molar-refractivity contribution in [2.75, 3.05) is 12.4 Å². The van der Waals surface area contributed by atoms with E-state index in [0.717, 1.165) is 5.00 Å². The highest BCUT2D eigenvalue weighted by molar-refractivity contribution is 7.10. The van der Waals surface area contributed by atoms with Gasteiger partial charge in [-0.1, -0.05) is 0 Å². The molecule has 3 nitrogen and oxygen atoms in total. The Morgan fingerprint density at radius 2 is 2.50 bits per heavy atom. The molecule has 0 aliphatic carbocycles. The molecular weight excluding hydrogens is 148 g/mol. The van der Waals surface area contributed by atoms with Crippen LogP contribution < -0.4 is 5.32 Å². The SMILES string of the molecule is CNc1cc(C(C)=O)ns1. The molecule has 0 aromatic carbocycles. The predicted octanol–water partition coefficient (Wildman–Crippen LogP) is 1.39. The number of Topliss-reactive ketones (excluding diaryl/α,β-unsaturated/α-hetero) is 1. The first-order valence-electron chi connectivity index (χ1n) is 2.89. The Labute approximate surface area is 63.2 Å². The minimum atomic E-state index is 0.0118. The van der Waals surface area contributed by atoms with Crippen LogP contribution in [0.4, 0.5) is 5.00 Å². The molecule has 1 aromatic heterocycles. The highest BCUT2D eigenvalue weighted by Gasteiger charge is 2.03. The summed E-state index contributed by atoms with van der Waals surface area (Å²) in [4.78, 5) is 10.7. The molecule has 0 aliphatic heterocycles. The first-order chi connectivity index (χ1) is 4.74. The van der Waals surface area contributed by atoms with Gasteiger partial charge in [-0.05, 0) is 11.5 Å². The first-order valence-corrected chi connectivity index (χ1v) is 3.67. The summed E-state index contributed by atoms with van der Waals surface area (Å²) in [7, 11) is 1.80. The average Bonchev–Trinajstić information content (AvgIpc) is 2.34. The summed E-state index contributed by atoms with van der Waals surface area (Å²) in [6.07, 6.45) is 0. The molecule has 0 spiro atoms. The van der Waals surface area contributed by atoms with E-state index in [1.807, 2.05) is 0 Å². The van der Waals surface area contributed by atoms with E-state index in [1.165, 1.54) is 18.5 Å². The van der Waals surface area contributed by atoms with Gasteiger partial charge in [0.2, 0.25) is 0 Å². The number of rotatable bonds is 2. The molecule has 1 heterocycles. The van der Waals surface area contributed by atoms with Crippen LogP contribution in [-0.2, 0) is 0 Å². The van der Waals surface area contributed by atoms with Crippen molar-refractivity contribution in [1.82, 2.24) is 4.37 Å². The summed E-state index contributed by atoms with van der Waals surface area (Å²) in [5, 5.41) is 3.83. The summed E-state index contributed by atoms with van der Waals surface area (Å²) >= 11 is 1.30. The molecular formula is C6H8N2OS. The molecule has 0 radical (unpaired) electrons. The molecule has 0 unspecified atom stereocenters. The number of carbonyl (C=O) groups excluding carboxylic acids is 1. The third-order valence-corrected chi connectivity index (χ3v) is 1.92. The fourth-order valence-corrected chi connectivity index (χ4v) is 1.19. The number of hydrogen-bond acceptors (Lipinski definition) is 4. The van der Waals surface area contributed by atoms with Gasteiger partial charge in [-0.25, -0.2) is 0 Å². The van der Waals surface area contributed by atoms with Crippen molar-refractivity contribution in [3.05, 3.63) is 11.8 Å². The van der Waals surface area contributed by atoms with Gasteiger partial charge in [0.05, 0.1) is 0 Å². The Bertz CT molecular complexity index is 244. The molecule has 0 aliphatic rings. The van der Waals surface area contributed by atoms with Crippen molar-refractivity contribution < 1.29 is 4.79 Å². The molecule has 1 N–H and O–H groups in total. The maximum Gasteiger partial charge on any atom is 0.179 e. The third-order valence-electron chi connectivity index (χ3n) is 1.12. The molecule has 4 heteroatoms. The summed E-state index contributed by atoms with van der Waals surface area (Å²) in [6, 6.07) is 1.74. The van der Waals surface area contributed by atoms with Crippen LogP contribution in [0.1, 0.15) is 17.4 Å². The van der Waals surface area contributed by atoms with Gasteiger partial charge < -0.3 is 5.32 Å². The summed E-state index contributed by atoms with van der Waals surface area (Å²) in [5.41, 5.74) is 0.536. The largest absolute Gasteiger partial charge is 0.379 e. The van der Waals surface area contributed by atoms with Crippen molar-refractivity contribution in [2.24, 2.45) is 0 Å². The van der Waals surface area contributed by atoms with E-state index < -0.39 is 0 Å². The van der Waals surface area contributed by atoms with Crippen molar-refractivity contribution in [3.8, 4) is 0 Å². The number of carbonyl (C=O) groups is 1. The summed E-state index contributed by atoms with van der Waals surface area (Å²) in [6.45, 7) is 1.51. The second-order valence-corrected chi connectivity index (χ2v) is 2.69. The molecule has 0 fully saturated rings. The number of aromatic nitrogens is 1. The van der Waals surface area contributed by atoms with E-state index >= 15 is 0 Å². The highest BCUT2D eigenvalue weighted by atomic mass is 32.1. The van der Waals surface area contributed by atoms with Gasteiger partial charge in [-0.15, -0.1) is 0 Å². The highest BCUT2D eigenvalue weighted by Crippen LogP contribution is 2.14. The average molecular weight is 156 g/mol. The zero-order valence-corrected chi connectivity index (χ0v) is 6.66. The van der Waals surface area contributed by atoms with Crippen LogP contribution in [0, 0.1) is 0 Å². The Balaban J connectivity index is 2.88. The van der Waals surface area contributed by atoms with Gasteiger partial charge in [-0.3, -0.25) is 4.79 Å². The summed E-state index contributed by atoms with van der Waals surface area (Å²) in [5.74, 6) is 0.0118. The molecule has 0 saturated carbocycles. The topological polar surface area (TPSA) is 42.0 Å². The van der Waals surface area contributed by atoms with Gasteiger partial charge in [0.15, 0.2) is 5.78 Å². The zero-order valence-electron chi connectivity index (χ0n) is 5.84. The van der Waals surface area contributed by atoms with Gasteiger partial charge >= 0.3 is 0 Å². The maximum atomic E-state index is 10.7. The minimum absolute atomic E-state index is 0.0118. The Morgan fingerprint density at radius 1 is 1.80 bits per heavy atom. The van der Waals surface area contributed by atoms with Crippen molar-refractivity contribution in [3.63, 3.8) is 0 Å². The molecule has 1 aromatic rings. The van der Waals surface area contributed by atoms with E-state index in [-0.39, 0.29) is 5.78 Å². The smallest absolute Gasteiger partial charge is 0.179 e. The van der Waals surface area contributed by atoms with Gasteiger partial charge in [0.1, 0.15) is 10.7 Å². The molecule has 0 amide bonds.